The lowest BCUT2D eigenvalue weighted by atomic mass is 10.1. The third-order valence-corrected chi connectivity index (χ3v) is 2.83. The first-order valence-electron chi connectivity index (χ1n) is 6.83. The summed E-state index contributed by atoms with van der Waals surface area (Å²) in [5.74, 6) is 0. The quantitative estimate of drug-likeness (QED) is 0.618. The molecule has 0 amide bonds. The fourth-order valence-corrected chi connectivity index (χ4v) is 1.80. The molecule has 94 valence electrons. The molecule has 0 aromatic carbocycles. The van der Waals surface area contributed by atoms with Crippen LogP contribution in [0.5, 0.6) is 0 Å². The minimum absolute atomic E-state index is 1.03. The Labute approximate surface area is 106 Å². The average molecular weight is 231 g/mol. The van der Waals surface area contributed by atoms with Crippen LogP contribution < -0.4 is 0 Å². The first-order chi connectivity index (χ1) is 8.38. The van der Waals surface area contributed by atoms with Gasteiger partial charge in [0, 0.05) is 18.3 Å². The number of H-pyrrole nitrogens is 1. The third-order valence-electron chi connectivity index (χ3n) is 2.83. The van der Waals surface area contributed by atoms with E-state index in [0.29, 0.717) is 0 Å². The predicted octanol–water partition coefficient (Wildman–Crippen LogP) is 4.81. The third kappa shape index (κ3) is 5.58. The molecule has 1 aromatic rings. The standard InChI is InChI=1S/C16H25N/c1-3-5-7-9-11-15-13-14-17-16(15)12-10-8-6-4-2/h7-10,13-14,17H,3-6,11-12H2,1-2H3. The summed E-state index contributed by atoms with van der Waals surface area (Å²) in [7, 11) is 0. The van der Waals surface area contributed by atoms with Crippen LogP contribution in [-0.4, -0.2) is 4.98 Å². The second kappa shape index (κ2) is 8.86. The Morgan fingerprint density at radius 2 is 1.59 bits per heavy atom. The van der Waals surface area contributed by atoms with E-state index in [-0.39, 0.29) is 0 Å². The van der Waals surface area contributed by atoms with Gasteiger partial charge in [-0.15, -0.1) is 0 Å². The molecule has 1 rings (SSSR count). The zero-order valence-corrected chi connectivity index (χ0v) is 11.2. The van der Waals surface area contributed by atoms with Crippen molar-refractivity contribution in [3.05, 3.63) is 47.8 Å². The van der Waals surface area contributed by atoms with E-state index in [1.807, 2.05) is 6.20 Å². The largest absolute Gasteiger partial charge is 0.364 e. The van der Waals surface area contributed by atoms with Crippen LogP contribution in [-0.2, 0) is 12.8 Å². The average Bonchev–Trinajstić information content (AvgIpc) is 2.78. The Morgan fingerprint density at radius 3 is 2.24 bits per heavy atom. The highest BCUT2D eigenvalue weighted by Crippen LogP contribution is 2.10. The molecule has 1 aromatic heterocycles. The smallest absolute Gasteiger partial charge is 0.0221 e. The molecule has 0 radical (unpaired) electrons. The number of hydrogen-bond acceptors (Lipinski definition) is 0. The fraction of sp³-hybridized carbons (Fsp3) is 0.500. The monoisotopic (exact) mass is 231 g/mol. The van der Waals surface area contributed by atoms with Crippen LogP contribution >= 0.6 is 0 Å². The van der Waals surface area contributed by atoms with Gasteiger partial charge in [-0.25, -0.2) is 0 Å². The summed E-state index contributed by atoms with van der Waals surface area (Å²) in [6.45, 7) is 4.42. The molecule has 0 fully saturated rings. The van der Waals surface area contributed by atoms with E-state index < -0.39 is 0 Å². The van der Waals surface area contributed by atoms with E-state index in [1.165, 1.54) is 36.9 Å². The van der Waals surface area contributed by atoms with Crippen molar-refractivity contribution >= 4 is 0 Å². The van der Waals surface area contributed by atoms with Crippen LogP contribution in [0.3, 0.4) is 0 Å². The van der Waals surface area contributed by atoms with Crippen molar-refractivity contribution in [2.45, 2.75) is 52.4 Å². The molecule has 0 bridgehead atoms. The van der Waals surface area contributed by atoms with Crippen molar-refractivity contribution in [3.63, 3.8) is 0 Å². The van der Waals surface area contributed by atoms with Gasteiger partial charge < -0.3 is 4.98 Å². The van der Waals surface area contributed by atoms with Crippen molar-refractivity contribution in [2.24, 2.45) is 0 Å². The van der Waals surface area contributed by atoms with E-state index in [1.54, 1.807) is 0 Å². The summed E-state index contributed by atoms with van der Waals surface area (Å²) in [5.41, 5.74) is 2.79. The summed E-state index contributed by atoms with van der Waals surface area (Å²) >= 11 is 0. The van der Waals surface area contributed by atoms with Crippen molar-refractivity contribution in [2.75, 3.05) is 0 Å². The van der Waals surface area contributed by atoms with Crippen LogP contribution in [0.2, 0.25) is 0 Å². The second-order valence-electron chi connectivity index (χ2n) is 4.41. The number of rotatable bonds is 8. The van der Waals surface area contributed by atoms with Crippen molar-refractivity contribution < 1.29 is 0 Å². The zero-order valence-electron chi connectivity index (χ0n) is 11.2. The minimum Gasteiger partial charge on any atom is -0.364 e. The molecular weight excluding hydrogens is 206 g/mol. The van der Waals surface area contributed by atoms with Gasteiger partial charge in [-0.1, -0.05) is 51.0 Å². The lowest BCUT2D eigenvalue weighted by Gasteiger charge is -1.98. The first-order valence-corrected chi connectivity index (χ1v) is 6.83. The Kier molecular flexibility index (Phi) is 7.20. The molecule has 1 heteroatoms. The Balaban J connectivity index is 2.42. The van der Waals surface area contributed by atoms with Crippen LogP contribution in [0.15, 0.2) is 36.6 Å². The van der Waals surface area contributed by atoms with Gasteiger partial charge in [0.05, 0.1) is 0 Å². The van der Waals surface area contributed by atoms with Crippen molar-refractivity contribution in [3.8, 4) is 0 Å². The van der Waals surface area contributed by atoms with Crippen LogP contribution in [0.4, 0.5) is 0 Å². The summed E-state index contributed by atoms with van der Waals surface area (Å²) in [4.78, 5) is 3.34. The predicted molar refractivity (Wildman–Crippen MR) is 76.3 cm³/mol. The van der Waals surface area contributed by atoms with Gasteiger partial charge in [-0.3, -0.25) is 0 Å². The van der Waals surface area contributed by atoms with Gasteiger partial charge in [0.1, 0.15) is 0 Å². The van der Waals surface area contributed by atoms with E-state index >= 15 is 0 Å². The van der Waals surface area contributed by atoms with Gasteiger partial charge >= 0.3 is 0 Å². The van der Waals surface area contributed by atoms with Gasteiger partial charge in [0.25, 0.3) is 0 Å². The number of allylic oxidation sites excluding steroid dienone is 4. The van der Waals surface area contributed by atoms with E-state index in [9.17, 15) is 0 Å². The number of unbranched alkanes of at least 4 members (excludes halogenated alkanes) is 2. The molecule has 17 heavy (non-hydrogen) atoms. The molecule has 0 spiro atoms. The van der Waals surface area contributed by atoms with Gasteiger partial charge in [-0.2, -0.15) is 0 Å². The van der Waals surface area contributed by atoms with Gasteiger partial charge in [0.15, 0.2) is 0 Å². The molecule has 1 nitrogen and oxygen atoms in total. The van der Waals surface area contributed by atoms with Crippen LogP contribution in [0, 0.1) is 0 Å². The minimum atomic E-state index is 1.03. The van der Waals surface area contributed by atoms with E-state index in [0.717, 1.165) is 12.8 Å². The topological polar surface area (TPSA) is 15.8 Å². The number of nitrogens with one attached hydrogen (secondary N) is 1. The summed E-state index contributed by atoms with van der Waals surface area (Å²) in [6, 6.07) is 2.19. The van der Waals surface area contributed by atoms with Gasteiger partial charge in [-0.05, 0) is 30.9 Å². The molecule has 0 saturated heterocycles. The summed E-state index contributed by atoms with van der Waals surface area (Å²) < 4.78 is 0. The molecule has 0 aliphatic carbocycles. The maximum Gasteiger partial charge on any atom is 0.0221 e. The SMILES string of the molecule is CCCC=CCc1cc[nH]c1CC=CCCC. The summed E-state index contributed by atoms with van der Waals surface area (Å²) in [6.07, 6.45) is 18.1. The van der Waals surface area contributed by atoms with Crippen LogP contribution in [0.25, 0.3) is 0 Å². The zero-order chi connectivity index (χ0) is 12.3. The summed E-state index contributed by atoms with van der Waals surface area (Å²) in [5, 5.41) is 0. The first kappa shape index (κ1) is 13.8. The van der Waals surface area contributed by atoms with E-state index in [4.69, 9.17) is 0 Å². The maximum atomic E-state index is 3.34. The number of aromatic nitrogens is 1. The lowest BCUT2D eigenvalue weighted by molar-refractivity contribution is 0.948. The Bertz CT molecular complexity index is 312. The highest BCUT2D eigenvalue weighted by molar-refractivity contribution is 5.25. The Morgan fingerprint density at radius 1 is 0.941 bits per heavy atom. The fourth-order valence-electron chi connectivity index (χ4n) is 1.80. The highest BCUT2D eigenvalue weighted by atomic mass is 14.7. The molecule has 0 atom stereocenters. The van der Waals surface area contributed by atoms with Gasteiger partial charge in [0.2, 0.25) is 0 Å². The molecular formula is C16H25N. The van der Waals surface area contributed by atoms with Crippen molar-refractivity contribution in [1.29, 1.82) is 0 Å². The lowest BCUT2D eigenvalue weighted by Crippen LogP contribution is -1.88. The number of hydrogen-bond donors (Lipinski definition) is 1. The van der Waals surface area contributed by atoms with Crippen molar-refractivity contribution in [1.82, 2.24) is 4.98 Å². The number of aromatic amines is 1. The highest BCUT2D eigenvalue weighted by Gasteiger charge is 1.99. The molecule has 0 unspecified atom stereocenters. The normalized spacial score (nSPS) is 11.9. The molecule has 1 N–H and O–H groups in total. The Hall–Kier alpha value is -1.24. The molecule has 1 heterocycles. The van der Waals surface area contributed by atoms with Crippen LogP contribution in [0.1, 0.15) is 50.8 Å². The van der Waals surface area contributed by atoms with E-state index in [2.05, 4.69) is 49.2 Å². The maximum absolute atomic E-state index is 3.34. The molecule has 0 aliphatic rings. The second-order valence-corrected chi connectivity index (χ2v) is 4.41. The molecule has 0 saturated carbocycles. The molecule has 0 aliphatic heterocycles.